The van der Waals surface area contributed by atoms with Crippen LogP contribution in [-0.4, -0.2) is 19.9 Å². The second-order valence-corrected chi connectivity index (χ2v) is 7.85. The lowest BCUT2D eigenvalue weighted by molar-refractivity contribution is 0.585. The van der Waals surface area contributed by atoms with Crippen LogP contribution in [0.3, 0.4) is 0 Å². The summed E-state index contributed by atoms with van der Waals surface area (Å²) in [6.45, 7) is 1.66. The molecule has 1 unspecified atom stereocenters. The second kappa shape index (κ2) is 6.00. The van der Waals surface area contributed by atoms with E-state index in [1.54, 1.807) is 6.92 Å². The smallest absolute Gasteiger partial charge is 0.150 e. The summed E-state index contributed by atoms with van der Waals surface area (Å²) in [5.41, 5.74) is 5.94. The first-order valence-electron chi connectivity index (χ1n) is 5.16. The molecule has 0 amide bonds. The van der Waals surface area contributed by atoms with Crippen LogP contribution in [0.2, 0.25) is 4.34 Å². The molecule has 92 valence electrons. The molecule has 0 saturated carbocycles. The van der Waals surface area contributed by atoms with Crippen molar-refractivity contribution in [2.75, 3.05) is 11.5 Å². The van der Waals surface area contributed by atoms with Gasteiger partial charge in [-0.25, -0.2) is 8.42 Å². The quantitative estimate of drug-likeness (QED) is 0.872. The Kier molecular flexibility index (Phi) is 5.24. The van der Waals surface area contributed by atoms with Crippen LogP contribution < -0.4 is 5.73 Å². The Labute approximate surface area is 106 Å². The van der Waals surface area contributed by atoms with Crippen molar-refractivity contribution < 1.29 is 8.42 Å². The molecule has 6 heteroatoms. The van der Waals surface area contributed by atoms with Gasteiger partial charge in [0, 0.05) is 16.7 Å². The molecular formula is C10H16ClNO2S2. The first kappa shape index (κ1) is 14.0. The first-order valence-corrected chi connectivity index (χ1v) is 8.17. The number of thiophene rings is 1. The third kappa shape index (κ3) is 4.41. The Morgan fingerprint density at radius 2 is 2.19 bits per heavy atom. The minimum atomic E-state index is -2.87. The van der Waals surface area contributed by atoms with Crippen molar-refractivity contribution in [3.05, 3.63) is 21.3 Å². The summed E-state index contributed by atoms with van der Waals surface area (Å²) in [6, 6.07) is 3.60. The average molecular weight is 282 g/mol. The number of sulfone groups is 1. The average Bonchev–Trinajstić information content (AvgIpc) is 2.64. The van der Waals surface area contributed by atoms with E-state index in [2.05, 4.69) is 0 Å². The first-order chi connectivity index (χ1) is 7.44. The summed E-state index contributed by atoms with van der Waals surface area (Å²) in [5, 5.41) is 0. The van der Waals surface area contributed by atoms with E-state index in [0.29, 0.717) is 17.2 Å². The van der Waals surface area contributed by atoms with Gasteiger partial charge in [0.05, 0.1) is 10.1 Å². The van der Waals surface area contributed by atoms with Gasteiger partial charge in [-0.15, -0.1) is 11.3 Å². The second-order valence-electron chi connectivity index (χ2n) is 3.63. The van der Waals surface area contributed by atoms with Crippen LogP contribution in [0.15, 0.2) is 12.1 Å². The molecule has 0 bridgehead atoms. The maximum atomic E-state index is 11.3. The van der Waals surface area contributed by atoms with Gasteiger partial charge in [-0.05, 0) is 25.0 Å². The van der Waals surface area contributed by atoms with Crippen molar-refractivity contribution >= 4 is 32.8 Å². The highest BCUT2D eigenvalue weighted by molar-refractivity contribution is 7.91. The highest BCUT2D eigenvalue weighted by Crippen LogP contribution is 2.27. The summed E-state index contributed by atoms with van der Waals surface area (Å²) in [5.74, 6) is 0.420. The van der Waals surface area contributed by atoms with Crippen molar-refractivity contribution in [3.63, 3.8) is 0 Å². The van der Waals surface area contributed by atoms with E-state index in [-0.39, 0.29) is 17.5 Å². The normalized spacial score (nSPS) is 13.9. The van der Waals surface area contributed by atoms with Crippen molar-refractivity contribution in [2.24, 2.45) is 5.73 Å². The van der Waals surface area contributed by atoms with Crippen LogP contribution >= 0.6 is 22.9 Å². The molecule has 0 aliphatic carbocycles. The van der Waals surface area contributed by atoms with Gasteiger partial charge in [0.1, 0.15) is 9.84 Å². The molecule has 0 aliphatic rings. The molecule has 1 rings (SSSR count). The van der Waals surface area contributed by atoms with Crippen LogP contribution in [0.25, 0.3) is 0 Å². The summed E-state index contributed by atoms with van der Waals surface area (Å²) < 4.78 is 23.2. The molecule has 1 atom stereocenters. The minimum Gasteiger partial charge on any atom is -0.323 e. The zero-order valence-corrected chi connectivity index (χ0v) is 11.5. The van der Waals surface area contributed by atoms with Crippen LogP contribution in [0.5, 0.6) is 0 Å². The molecule has 1 aromatic rings. The third-order valence-electron chi connectivity index (χ3n) is 2.37. The molecule has 1 aromatic heterocycles. The zero-order chi connectivity index (χ0) is 12.2. The van der Waals surface area contributed by atoms with Crippen LogP contribution in [0, 0.1) is 0 Å². The van der Waals surface area contributed by atoms with Crippen molar-refractivity contribution in [1.82, 2.24) is 0 Å². The van der Waals surface area contributed by atoms with Gasteiger partial charge in [-0.1, -0.05) is 18.5 Å². The molecule has 0 fully saturated rings. The van der Waals surface area contributed by atoms with Crippen LogP contribution in [-0.2, 0) is 9.84 Å². The lowest BCUT2D eigenvalue weighted by atomic mass is 10.1. The number of rotatable bonds is 6. The molecule has 3 nitrogen and oxygen atoms in total. The Morgan fingerprint density at radius 3 is 2.69 bits per heavy atom. The van der Waals surface area contributed by atoms with Gasteiger partial charge in [-0.2, -0.15) is 0 Å². The molecular weight excluding hydrogens is 266 g/mol. The fourth-order valence-electron chi connectivity index (χ4n) is 1.34. The Morgan fingerprint density at radius 1 is 1.50 bits per heavy atom. The van der Waals surface area contributed by atoms with Crippen molar-refractivity contribution in [2.45, 2.75) is 25.8 Å². The lowest BCUT2D eigenvalue weighted by Gasteiger charge is -2.08. The van der Waals surface area contributed by atoms with E-state index in [1.165, 1.54) is 11.3 Å². The predicted molar refractivity (Wildman–Crippen MR) is 69.8 cm³/mol. The van der Waals surface area contributed by atoms with Gasteiger partial charge in [0.15, 0.2) is 0 Å². The third-order valence-corrected chi connectivity index (χ3v) is 5.52. The maximum Gasteiger partial charge on any atom is 0.150 e. The van der Waals surface area contributed by atoms with Crippen molar-refractivity contribution in [1.29, 1.82) is 0 Å². The monoisotopic (exact) mass is 281 g/mol. The minimum absolute atomic E-state index is 0.107. The molecule has 16 heavy (non-hydrogen) atoms. The van der Waals surface area contributed by atoms with Gasteiger partial charge in [-0.3, -0.25) is 0 Å². The fraction of sp³-hybridized carbons (Fsp3) is 0.600. The fourth-order valence-corrected chi connectivity index (χ4v) is 3.33. The van der Waals surface area contributed by atoms with E-state index >= 15 is 0 Å². The predicted octanol–water partition coefficient (Wildman–Crippen LogP) is 2.62. The Hall–Kier alpha value is -0.100. The van der Waals surface area contributed by atoms with Crippen molar-refractivity contribution in [3.8, 4) is 0 Å². The summed E-state index contributed by atoms with van der Waals surface area (Å²) in [6.07, 6.45) is 1.28. The van der Waals surface area contributed by atoms with E-state index < -0.39 is 9.84 Å². The highest BCUT2D eigenvalue weighted by Gasteiger charge is 2.11. The lowest BCUT2D eigenvalue weighted by Crippen LogP contribution is -2.13. The van der Waals surface area contributed by atoms with E-state index in [1.807, 2.05) is 12.1 Å². The molecule has 1 heterocycles. The molecule has 0 aromatic carbocycles. The standard InChI is InChI=1S/C10H16ClNO2S2/c1-2-16(13,14)7-3-4-8(12)9-5-6-10(11)15-9/h5-6,8H,2-4,7,12H2,1H3. The molecule has 0 radical (unpaired) electrons. The topological polar surface area (TPSA) is 60.2 Å². The maximum absolute atomic E-state index is 11.3. The molecule has 0 spiro atoms. The van der Waals surface area contributed by atoms with Crippen LogP contribution in [0.1, 0.15) is 30.7 Å². The van der Waals surface area contributed by atoms with Gasteiger partial charge in [0.2, 0.25) is 0 Å². The van der Waals surface area contributed by atoms with E-state index in [4.69, 9.17) is 17.3 Å². The van der Waals surface area contributed by atoms with E-state index in [9.17, 15) is 8.42 Å². The highest BCUT2D eigenvalue weighted by atomic mass is 35.5. The SMILES string of the molecule is CCS(=O)(=O)CCCC(N)c1ccc(Cl)s1. The summed E-state index contributed by atoms with van der Waals surface area (Å²) >= 11 is 7.25. The largest absolute Gasteiger partial charge is 0.323 e. The molecule has 2 N–H and O–H groups in total. The Bertz CT molecular complexity index is 428. The Balaban J connectivity index is 2.39. The number of hydrogen-bond donors (Lipinski definition) is 1. The number of nitrogens with two attached hydrogens (primary N) is 1. The van der Waals surface area contributed by atoms with Gasteiger partial charge in [0.25, 0.3) is 0 Å². The summed E-state index contributed by atoms with van der Waals surface area (Å²) in [4.78, 5) is 1.01. The molecule has 0 aliphatic heterocycles. The van der Waals surface area contributed by atoms with Crippen LogP contribution in [0.4, 0.5) is 0 Å². The number of halogens is 1. The zero-order valence-electron chi connectivity index (χ0n) is 9.15. The van der Waals surface area contributed by atoms with Gasteiger partial charge < -0.3 is 5.73 Å². The summed E-state index contributed by atoms with van der Waals surface area (Å²) in [7, 11) is -2.87. The van der Waals surface area contributed by atoms with E-state index in [0.717, 1.165) is 4.88 Å². The number of hydrogen-bond acceptors (Lipinski definition) is 4. The van der Waals surface area contributed by atoms with Gasteiger partial charge >= 0.3 is 0 Å². The molecule has 0 saturated heterocycles.